The van der Waals surface area contributed by atoms with E-state index < -0.39 is 11.0 Å². The number of aliphatic hydroxyl groups excluding tert-OH is 1. The Labute approximate surface area is 100.0 Å². The van der Waals surface area contributed by atoms with Crippen molar-refractivity contribution in [3.63, 3.8) is 0 Å². The summed E-state index contributed by atoms with van der Waals surface area (Å²) in [5.74, 6) is -0.280. The molecule has 0 aliphatic heterocycles. The van der Waals surface area contributed by atoms with Crippen LogP contribution in [0.3, 0.4) is 0 Å². The normalized spacial score (nSPS) is 11.8. The molecule has 0 fully saturated rings. The molecule has 1 atom stereocenters. The third kappa shape index (κ3) is 3.50. The van der Waals surface area contributed by atoms with Gasteiger partial charge >= 0.3 is 5.95 Å². The first-order valence-electron chi connectivity index (χ1n) is 3.28. The van der Waals surface area contributed by atoms with Crippen LogP contribution in [-0.4, -0.2) is 25.7 Å². The van der Waals surface area contributed by atoms with Crippen LogP contribution in [0.2, 0.25) is 0 Å². The third-order valence-corrected chi connectivity index (χ3v) is 1.26. The number of nitrogens with zero attached hydrogens (tertiary/aromatic N) is 3. The maximum absolute atomic E-state index is 10.3. The van der Waals surface area contributed by atoms with E-state index in [1.807, 2.05) is 0 Å². The third-order valence-electron chi connectivity index (χ3n) is 1.26. The summed E-state index contributed by atoms with van der Waals surface area (Å²) in [4.78, 5) is 13.2. The van der Waals surface area contributed by atoms with E-state index in [0.717, 1.165) is 0 Å². The van der Waals surface area contributed by atoms with Gasteiger partial charge in [0.25, 0.3) is 0 Å². The van der Waals surface area contributed by atoms with Gasteiger partial charge in [0.2, 0.25) is 0 Å². The standard InChI is InChI=1S/C6H8N3O3.Y/c1-5(10)4-8-3-2-7-6(8)9(11)12;/h2-3,5,10H,1,4H2;/q-1;. The first kappa shape index (κ1) is 12.7. The number of rotatable bonds is 3. The van der Waals surface area contributed by atoms with Gasteiger partial charge in [-0.2, -0.15) is 0 Å². The van der Waals surface area contributed by atoms with Crippen molar-refractivity contribution in [2.24, 2.45) is 0 Å². The molecule has 0 aliphatic rings. The second kappa shape index (κ2) is 5.41. The molecule has 1 unspecified atom stereocenters. The molecule has 13 heavy (non-hydrogen) atoms. The Morgan fingerprint density at radius 3 is 2.92 bits per heavy atom. The van der Waals surface area contributed by atoms with Crippen LogP contribution < -0.4 is 0 Å². The summed E-state index contributed by atoms with van der Waals surface area (Å²) in [6.07, 6.45) is 1.87. The average molecular weight is 259 g/mol. The Kier molecular flexibility index (Phi) is 5.28. The maximum Gasteiger partial charge on any atom is 0.434 e. The second-order valence-electron chi connectivity index (χ2n) is 2.29. The number of aromatic nitrogens is 2. The number of nitro groups is 1. The minimum atomic E-state index is -0.863. The van der Waals surface area contributed by atoms with Gasteiger partial charge in [-0.25, -0.2) is 4.57 Å². The molecule has 6 nitrogen and oxygen atoms in total. The summed E-state index contributed by atoms with van der Waals surface area (Å²) in [6, 6.07) is 0. The summed E-state index contributed by atoms with van der Waals surface area (Å²) in [5.41, 5.74) is 0. The molecule has 1 radical (unpaired) electrons. The molecule has 0 saturated carbocycles. The van der Waals surface area contributed by atoms with Crippen LogP contribution in [0.4, 0.5) is 5.95 Å². The van der Waals surface area contributed by atoms with Gasteiger partial charge in [-0.15, -0.1) is 0 Å². The molecule has 0 saturated heterocycles. The van der Waals surface area contributed by atoms with E-state index in [4.69, 9.17) is 5.11 Å². The van der Waals surface area contributed by atoms with Crippen molar-refractivity contribution in [2.75, 3.05) is 0 Å². The molecule has 1 N–H and O–H groups in total. The van der Waals surface area contributed by atoms with Gasteiger partial charge in [0.1, 0.15) is 12.4 Å². The van der Waals surface area contributed by atoms with Gasteiger partial charge in [-0.05, 0) is 11.0 Å². The molecule has 1 aromatic heterocycles. The molecule has 1 rings (SSSR count). The summed E-state index contributed by atoms with van der Waals surface area (Å²) in [7, 11) is 0. The fourth-order valence-corrected chi connectivity index (χ4v) is 0.843. The van der Waals surface area contributed by atoms with E-state index >= 15 is 0 Å². The maximum atomic E-state index is 10.3. The summed E-state index contributed by atoms with van der Waals surface area (Å²) in [6.45, 7) is 3.38. The Balaban J connectivity index is 0.00000144. The molecular formula is C6H8N3O3Y-. The van der Waals surface area contributed by atoms with Crippen LogP contribution in [0, 0.1) is 17.0 Å². The van der Waals surface area contributed by atoms with Crippen LogP contribution in [0.25, 0.3) is 0 Å². The van der Waals surface area contributed by atoms with Crippen LogP contribution in [-0.2, 0) is 39.3 Å². The first-order valence-corrected chi connectivity index (χ1v) is 3.28. The second-order valence-corrected chi connectivity index (χ2v) is 2.29. The predicted molar refractivity (Wildman–Crippen MR) is 40.2 cm³/mol. The minimum Gasteiger partial charge on any atom is -0.422 e. The van der Waals surface area contributed by atoms with E-state index in [2.05, 4.69) is 11.9 Å². The van der Waals surface area contributed by atoms with Gasteiger partial charge in [0, 0.05) is 32.7 Å². The molecular weight excluding hydrogens is 251 g/mol. The number of imidazole rings is 1. The Hall–Kier alpha value is -0.326. The molecule has 1 aromatic rings. The van der Waals surface area contributed by atoms with Crippen molar-refractivity contribution in [1.82, 2.24) is 9.55 Å². The van der Waals surface area contributed by atoms with E-state index in [0.29, 0.717) is 0 Å². The Morgan fingerprint density at radius 1 is 1.85 bits per heavy atom. The zero-order chi connectivity index (χ0) is 9.14. The van der Waals surface area contributed by atoms with Crippen LogP contribution >= 0.6 is 0 Å². The number of aliphatic hydroxyl groups is 1. The average Bonchev–Trinajstić information content (AvgIpc) is 2.33. The first-order chi connectivity index (χ1) is 5.61. The van der Waals surface area contributed by atoms with Crippen molar-refractivity contribution in [2.45, 2.75) is 12.6 Å². The fourth-order valence-electron chi connectivity index (χ4n) is 0.843. The van der Waals surface area contributed by atoms with Crippen LogP contribution in [0.5, 0.6) is 0 Å². The largest absolute Gasteiger partial charge is 0.434 e. The molecule has 0 amide bonds. The minimum absolute atomic E-state index is 0. The topological polar surface area (TPSA) is 81.2 Å². The molecule has 0 aromatic carbocycles. The SMILES string of the molecule is [CH2-]C(O)Cn1ccnc1[N+](=O)[O-].[Y]. The van der Waals surface area contributed by atoms with Crippen molar-refractivity contribution in [3.05, 3.63) is 29.4 Å². The molecule has 69 valence electrons. The fraction of sp³-hybridized carbons (Fsp3) is 0.333. The van der Waals surface area contributed by atoms with E-state index in [9.17, 15) is 10.1 Å². The zero-order valence-electron chi connectivity index (χ0n) is 6.83. The smallest absolute Gasteiger partial charge is 0.422 e. The van der Waals surface area contributed by atoms with Gasteiger partial charge in [-0.1, -0.05) is 4.98 Å². The van der Waals surface area contributed by atoms with Crippen molar-refractivity contribution >= 4 is 5.95 Å². The number of hydrogen-bond acceptors (Lipinski definition) is 4. The summed E-state index contributed by atoms with van der Waals surface area (Å²) < 4.78 is 1.23. The summed E-state index contributed by atoms with van der Waals surface area (Å²) in [5, 5.41) is 19.1. The predicted octanol–water partition coefficient (Wildman–Crippen LogP) is -0.0162. The van der Waals surface area contributed by atoms with Gasteiger partial charge in [-0.3, -0.25) is 0 Å². The molecule has 1 heterocycles. The summed E-state index contributed by atoms with van der Waals surface area (Å²) >= 11 is 0. The quantitative estimate of drug-likeness (QED) is 0.470. The van der Waals surface area contributed by atoms with Crippen LogP contribution in [0.15, 0.2) is 12.4 Å². The Bertz CT molecular complexity index is 286. The van der Waals surface area contributed by atoms with E-state index in [1.165, 1.54) is 17.0 Å². The molecule has 0 spiro atoms. The van der Waals surface area contributed by atoms with Crippen LogP contribution in [0.1, 0.15) is 0 Å². The van der Waals surface area contributed by atoms with E-state index in [-0.39, 0.29) is 45.2 Å². The molecule has 0 bridgehead atoms. The number of hydrogen-bond donors (Lipinski definition) is 1. The van der Waals surface area contributed by atoms with Crippen molar-refractivity contribution < 1.29 is 42.7 Å². The Morgan fingerprint density at radius 2 is 2.46 bits per heavy atom. The van der Waals surface area contributed by atoms with Gasteiger partial charge < -0.3 is 22.1 Å². The molecule has 7 heteroatoms. The van der Waals surface area contributed by atoms with Gasteiger partial charge in [0.05, 0.1) is 6.54 Å². The zero-order valence-corrected chi connectivity index (χ0v) is 9.67. The van der Waals surface area contributed by atoms with E-state index in [1.54, 1.807) is 0 Å². The van der Waals surface area contributed by atoms with Gasteiger partial charge in [0.15, 0.2) is 0 Å². The monoisotopic (exact) mass is 259 g/mol. The molecule has 0 aliphatic carbocycles. The van der Waals surface area contributed by atoms with Crippen molar-refractivity contribution in [1.29, 1.82) is 0 Å². The van der Waals surface area contributed by atoms with Crippen molar-refractivity contribution in [3.8, 4) is 0 Å².